The van der Waals surface area contributed by atoms with Gasteiger partial charge >= 0.3 is 5.97 Å². The van der Waals surface area contributed by atoms with Gasteiger partial charge in [0.2, 0.25) is 0 Å². The van der Waals surface area contributed by atoms with Crippen LogP contribution in [0.1, 0.15) is 12.5 Å². The van der Waals surface area contributed by atoms with Crippen molar-refractivity contribution in [3.05, 3.63) is 25.7 Å². The summed E-state index contributed by atoms with van der Waals surface area (Å²) >= 11 is 10.4. The van der Waals surface area contributed by atoms with E-state index in [4.69, 9.17) is 22.1 Å². The van der Waals surface area contributed by atoms with Gasteiger partial charge in [0, 0.05) is 6.54 Å². The molecule has 1 aromatic rings. The molecule has 0 aliphatic carbocycles. The fourth-order valence-corrected chi connectivity index (χ4v) is 3.26. The predicted octanol–water partition coefficient (Wildman–Crippen LogP) is 2.33. The number of carboxylic acids is 1. The second-order valence-corrected chi connectivity index (χ2v) is 6.15. The molecule has 0 saturated heterocycles. The molecule has 3 N–H and O–H groups in total. The summed E-state index contributed by atoms with van der Waals surface area (Å²) in [5.41, 5.74) is 3.51. The monoisotopic (exact) mass is 485 g/mol. The predicted molar refractivity (Wildman–Crippen MR) is 97.0 cm³/mol. The Hall–Kier alpha value is -0.940. The zero-order chi connectivity index (χ0) is 15.8. The Morgan fingerprint density at radius 1 is 1.62 bits per heavy atom. The molecule has 21 heavy (non-hydrogen) atoms. The Morgan fingerprint density at radius 2 is 2.33 bits per heavy atom. The number of aliphatic carboxylic acids is 1. The van der Waals surface area contributed by atoms with Crippen molar-refractivity contribution in [2.75, 3.05) is 13.2 Å². The van der Waals surface area contributed by atoms with Crippen molar-refractivity contribution < 1.29 is 14.6 Å². The van der Waals surface area contributed by atoms with Crippen LogP contribution in [0, 0.1) is 3.57 Å². The normalized spacial score (nSPS) is 10.4. The molecule has 0 aliphatic heterocycles. The van der Waals surface area contributed by atoms with E-state index in [1.54, 1.807) is 12.3 Å². The highest BCUT2D eigenvalue weighted by Gasteiger charge is 2.10. The highest BCUT2D eigenvalue weighted by molar-refractivity contribution is 14.1. The minimum absolute atomic E-state index is 0.388. The highest BCUT2D eigenvalue weighted by Crippen LogP contribution is 2.31. The fraction of sp³-hybridized carbons (Fsp3) is 0.250. The zero-order valence-corrected chi connectivity index (χ0v) is 15.6. The fourth-order valence-electron chi connectivity index (χ4n) is 1.29. The summed E-state index contributed by atoms with van der Waals surface area (Å²) in [4.78, 5) is 10.5. The molecule has 0 fully saturated rings. The van der Waals surface area contributed by atoms with Gasteiger partial charge in [-0.2, -0.15) is 5.10 Å². The number of hydrazone groups is 1. The van der Waals surface area contributed by atoms with E-state index in [0.717, 1.165) is 15.7 Å². The Kier molecular flexibility index (Phi) is 7.89. The van der Waals surface area contributed by atoms with E-state index >= 15 is 0 Å². The summed E-state index contributed by atoms with van der Waals surface area (Å²) < 4.78 is 6.65. The number of halogens is 2. The molecular formula is C12H13BrIN3O3S. The first-order valence-electron chi connectivity index (χ1n) is 5.84. The zero-order valence-electron chi connectivity index (χ0n) is 11.0. The lowest BCUT2D eigenvalue weighted by Gasteiger charge is -2.09. The van der Waals surface area contributed by atoms with Crippen molar-refractivity contribution in [1.82, 2.24) is 10.7 Å². The first kappa shape index (κ1) is 18.1. The summed E-state index contributed by atoms with van der Waals surface area (Å²) in [5, 5.41) is 16.0. The van der Waals surface area contributed by atoms with E-state index in [1.807, 2.05) is 13.0 Å². The van der Waals surface area contributed by atoms with E-state index in [9.17, 15) is 4.79 Å². The molecule has 6 nitrogen and oxygen atoms in total. The molecule has 1 rings (SSSR count). The van der Waals surface area contributed by atoms with E-state index < -0.39 is 5.97 Å². The van der Waals surface area contributed by atoms with Gasteiger partial charge < -0.3 is 15.2 Å². The van der Waals surface area contributed by atoms with Crippen LogP contribution in [0.4, 0.5) is 0 Å². The van der Waals surface area contributed by atoms with Gasteiger partial charge in [0.1, 0.15) is 5.75 Å². The van der Waals surface area contributed by atoms with E-state index in [-0.39, 0.29) is 6.61 Å². The number of hydrogen-bond acceptors (Lipinski definition) is 4. The molecule has 0 aliphatic rings. The number of rotatable bonds is 6. The van der Waals surface area contributed by atoms with Gasteiger partial charge in [0.15, 0.2) is 11.7 Å². The molecule has 0 radical (unpaired) electrons. The van der Waals surface area contributed by atoms with Gasteiger partial charge in [0.05, 0.1) is 14.3 Å². The lowest BCUT2D eigenvalue weighted by atomic mass is 10.2. The maximum Gasteiger partial charge on any atom is 0.341 e. The van der Waals surface area contributed by atoms with Gasteiger partial charge in [0.25, 0.3) is 0 Å². The summed E-state index contributed by atoms with van der Waals surface area (Å²) in [6, 6.07) is 3.60. The Bertz CT molecular complexity index is 546. The van der Waals surface area contributed by atoms with Crippen LogP contribution in [0.5, 0.6) is 5.75 Å². The lowest BCUT2D eigenvalue weighted by molar-refractivity contribution is -0.139. The van der Waals surface area contributed by atoms with Crippen LogP contribution in [0.2, 0.25) is 0 Å². The number of hydrogen-bond donors (Lipinski definition) is 3. The Balaban J connectivity index is 2.76. The molecule has 0 spiro atoms. The third-order valence-corrected chi connectivity index (χ3v) is 3.70. The van der Waals surface area contributed by atoms with Crippen molar-refractivity contribution in [1.29, 1.82) is 0 Å². The quantitative estimate of drug-likeness (QED) is 0.248. The van der Waals surface area contributed by atoms with Crippen molar-refractivity contribution >= 4 is 68.0 Å². The summed E-state index contributed by atoms with van der Waals surface area (Å²) in [7, 11) is 0. The minimum Gasteiger partial charge on any atom is -0.480 e. The standard InChI is InChI=1S/C12H13BrIN3O3S/c1-2-15-12(21)17-16-5-7-3-8(13)11(9(14)4-7)20-6-10(18)19/h3-5H,2,6H2,1H3,(H,18,19)(H2,15,17,21). The van der Waals surface area contributed by atoms with Crippen molar-refractivity contribution in [2.24, 2.45) is 5.10 Å². The molecule has 0 atom stereocenters. The number of nitrogens with one attached hydrogen (secondary N) is 2. The van der Waals surface area contributed by atoms with Crippen LogP contribution >= 0.6 is 50.7 Å². The van der Waals surface area contributed by atoms with E-state index in [2.05, 4.69) is 54.4 Å². The number of carboxylic acid groups (broad SMARTS) is 1. The molecule has 0 saturated carbocycles. The molecule has 0 unspecified atom stereocenters. The number of thiocarbonyl (C=S) groups is 1. The van der Waals surface area contributed by atoms with Crippen LogP contribution in [0.15, 0.2) is 21.7 Å². The average molecular weight is 486 g/mol. The minimum atomic E-state index is -1.02. The van der Waals surface area contributed by atoms with Crippen LogP contribution < -0.4 is 15.5 Å². The topological polar surface area (TPSA) is 83.0 Å². The molecule has 9 heteroatoms. The first-order valence-corrected chi connectivity index (χ1v) is 8.12. The maximum atomic E-state index is 10.5. The molecule has 114 valence electrons. The van der Waals surface area contributed by atoms with Crippen LogP contribution in [0.25, 0.3) is 0 Å². The van der Waals surface area contributed by atoms with Crippen molar-refractivity contribution in [2.45, 2.75) is 6.92 Å². The molecular weight excluding hydrogens is 473 g/mol. The molecule has 0 bridgehead atoms. The number of nitrogens with zero attached hydrogens (tertiary/aromatic N) is 1. The van der Waals surface area contributed by atoms with Crippen LogP contribution in [-0.4, -0.2) is 35.6 Å². The van der Waals surface area contributed by atoms with Crippen molar-refractivity contribution in [3.63, 3.8) is 0 Å². The van der Waals surface area contributed by atoms with Gasteiger partial charge in [-0.15, -0.1) is 0 Å². The van der Waals surface area contributed by atoms with Gasteiger partial charge in [-0.3, -0.25) is 5.43 Å². The van der Waals surface area contributed by atoms with Gasteiger partial charge in [-0.1, -0.05) is 0 Å². The lowest BCUT2D eigenvalue weighted by Crippen LogP contribution is -2.31. The first-order chi connectivity index (χ1) is 9.93. The second kappa shape index (κ2) is 9.15. The molecule has 0 amide bonds. The number of ether oxygens (including phenoxy) is 1. The molecule has 0 heterocycles. The Labute approximate surface area is 149 Å². The van der Waals surface area contributed by atoms with Crippen LogP contribution in [-0.2, 0) is 4.79 Å². The highest BCUT2D eigenvalue weighted by atomic mass is 127. The SMILES string of the molecule is CCNC(=S)NN=Cc1cc(Br)c(OCC(=O)O)c(I)c1. The molecule has 0 aromatic heterocycles. The maximum absolute atomic E-state index is 10.5. The third kappa shape index (κ3) is 6.57. The number of benzene rings is 1. The molecule has 1 aromatic carbocycles. The van der Waals surface area contributed by atoms with Gasteiger partial charge in [-0.05, 0) is 75.4 Å². The van der Waals surface area contributed by atoms with E-state index in [1.165, 1.54) is 0 Å². The van der Waals surface area contributed by atoms with E-state index in [0.29, 0.717) is 15.3 Å². The summed E-state index contributed by atoms with van der Waals surface area (Å²) in [5.74, 6) is -0.532. The second-order valence-electron chi connectivity index (χ2n) is 3.73. The van der Waals surface area contributed by atoms with Crippen LogP contribution in [0.3, 0.4) is 0 Å². The Morgan fingerprint density at radius 3 is 2.90 bits per heavy atom. The van der Waals surface area contributed by atoms with Crippen molar-refractivity contribution in [3.8, 4) is 5.75 Å². The third-order valence-electron chi connectivity index (χ3n) is 2.08. The average Bonchev–Trinajstić information content (AvgIpc) is 2.37. The van der Waals surface area contributed by atoms with Gasteiger partial charge in [-0.25, -0.2) is 4.79 Å². The number of carbonyl (C=O) groups is 1. The largest absolute Gasteiger partial charge is 0.480 e. The summed E-state index contributed by atoms with van der Waals surface area (Å²) in [6.45, 7) is 2.27. The summed E-state index contributed by atoms with van der Waals surface area (Å²) in [6.07, 6.45) is 1.61. The smallest absolute Gasteiger partial charge is 0.341 e.